The predicted molar refractivity (Wildman–Crippen MR) is 141 cm³/mol. The summed E-state index contributed by atoms with van der Waals surface area (Å²) >= 11 is 1.62. The van der Waals surface area contributed by atoms with Crippen molar-refractivity contribution in [3.8, 4) is 11.3 Å². The van der Waals surface area contributed by atoms with Crippen LogP contribution in [0.3, 0.4) is 0 Å². The van der Waals surface area contributed by atoms with Crippen molar-refractivity contribution >= 4 is 33.9 Å². The molecule has 1 atom stereocenters. The van der Waals surface area contributed by atoms with Gasteiger partial charge in [-0.2, -0.15) is 0 Å². The smallest absolute Gasteiger partial charge is 0.220 e. The molecule has 1 fully saturated rings. The van der Waals surface area contributed by atoms with Gasteiger partial charge in [0.1, 0.15) is 0 Å². The number of thiazole rings is 1. The molecule has 35 heavy (non-hydrogen) atoms. The van der Waals surface area contributed by atoms with Crippen LogP contribution in [0.2, 0.25) is 0 Å². The highest BCUT2D eigenvalue weighted by Crippen LogP contribution is 2.32. The summed E-state index contributed by atoms with van der Waals surface area (Å²) < 4.78 is 0. The first-order valence-electron chi connectivity index (χ1n) is 12.1. The van der Waals surface area contributed by atoms with Crippen LogP contribution in [0.4, 0.5) is 0 Å². The maximum atomic E-state index is 12.7. The van der Waals surface area contributed by atoms with E-state index in [2.05, 4.69) is 58.5 Å². The largest absolute Gasteiger partial charge is 0.356 e. The zero-order chi connectivity index (χ0) is 24.1. The number of aromatic nitrogens is 1. The van der Waals surface area contributed by atoms with Crippen LogP contribution in [0.1, 0.15) is 36.3 Å². The second kappa shape index (κ2) is 10.4. The molecule has 1 aliphatic rings. The minimum absolute atomic E-state index is 0.0169. The lowest BCUT2D eigenvalue weighted by Gasteiger charge is -2.30. The van der Waals surface area contributed by atoms with Crippen LogP contribution >= 0.6 is 11.3 Å². The number of hydrogen-bond donors (Lipinski definition) is 2. The molecule has 0 radical (unpaired) electrons. The summed E-state index contributed by atoms with van der Waals surface area (Å²) in [5.74, 6) is 0.0897. The molecule has 6 heteroatoms. The van der Waals surface area contributed by atoms with E-state index in [4.69, 9.17) is 4.98 Å². The van der Waals surface area contributed by atoms with Crippen molar-refractivity contribution in [1.29, 1.82) is 0 Å². The van der Waals surface area contributed by atoms with Crippen LogP contribution in [0, 0.1) is 0 Å². The summed E-state index contributed by atoms with van der Waals surface area (Å²) in [6.45, 7) is 0.559. The zero-order valence-electron chi connectivity index (χ0n) is 19.6. The van der Waals surface area contributed by atoms with Crippen LogP contribution in [-0.2, 0) is 22.4 Å². The van der Waals surface area contributed by atoms with E-state index < -0.39 is 0 Å². The maximum absolute atomic E-state index is 12.7. The normalized spacial score (nSPS) is 17.4. The second-order valence-corrected chi connectivity index (χ2v) is 10.2. The Labute approximate surface area is 209 Å². The van der Waals surface area contributed by atoms with Crippen molar-refractivity contribution in [2.45, 2.75) is 44.1 Å². The first-order chi connectivity index (χ1) is 17.1. The van der Waals surface area contributed by atoms with Crippen molar-refractivity contribution in [3.63, 3.8) is 0 Å². The summed E-state index contributed by atoms with van der Waals surface area (Å²) in [6, 6.07) is 24.7. The summed E-state index contributed by atoms with van der Waals surface area (Å²) in [7, 11) is 0. The summed E-state index contributed by atoms with van der Waals surface area (Å²) in [5, 5.41) is 11.7. The Morgan fingerprint density at radius 3 is 2.66 bits per heavy atom. The van der Waals surface area contributed by atoms with Gasteiger partial charge >= 0.3 is 0 Å². The molecule has 3 aromatic carbocycles. The third-order valence-corrected chi connectivity index (χ3v) is 7.67. The van der Waals surface area contributed by atoms with Gasteiger partial charge in [-0.05, 0) is 35.6 Å². The molecule has 1 unspecified atom stereocenters. The minimum atomic E-state index is -0.377. The minimum Gasteiger partial charge on any atom is -0.356 e. The summed E-state index contributed by atoms with van der Waals surface area (Å²) in [4.78, 5) is 29.5. The Balaban J connectivity index is 1.17. The Morgan fingerprint density at radius 1 is 1.03 bits per heavy atom. The topological polar surface area (TPSA) is 71.1 Å². The van der Waals surface area contributed by atoms with Crippen LogP contribution in [0.15, 0.2) is 78.2 Å². The molecule has 1 saturated heterocycles. The lowest BCUT2D eigenvalue weighted by molar-refractivity contribution is -0.122. The molecule has 2 amide bonds. The van der Waals surface area contributed by atoms with E-state index in [0.717, 1.165) is 29.1 Å². The predicted octanol–water partition coefficient (Wildman–Crippen LogP) is 5.29. The average Bonchev–Trinajstić information content (AvgIpc) is 3.51. The molecule has 1 aliphatic heterocycles. The van der Waals surface area contributed by atoms with Gasteiger partial charge in [0, 0.05) is 42.3 Å². The number of benzene rings is 3. The molecule has 178 valence electrons. The van der Waals surface area contributed by atoms with E-state index in [-0.39, 0.29) is 17.4 Å². The SMILES string of the molecule is O=C(CCC1(Cc2cccc3ccccc23)CCC(=O)N1)NCCc1nc(-c2ccccc2)cs1. The second-order valence-electron chi connectivity index (χ2n) is 9.24. The number of nitrogens with zero attached hydrogens (tertiary/aromatic N) is 1. The molecule has 5 rings (SSSR count). The lowest BCUT2D eigenvalue weighted by Crippen LogP contribution is -2.44. The fourth-order valence-electron chi connectivity index (χ4n) is 4.91. The lowest BCUT2D eigenvalue weighted by atomic mass is 9.83. The Hall–Kier alpha value is -3.51. The fourth-order valence-corrected chi connectivity index (χ4v) is 5.72. The molecule has 0 bridgehead atoms. The molecule has 2 heterocycles. The molecule has 1 aromatic heterocycles. The van der Waals surface area contributed by atoms with Gasteiger partial charge in [0.2, 0.25) is 11.8 Å². The van der Waals surface area contributed by atoms with Crippen LogP contribution < -0.4 is 10.6 Å². The highest BCUT2D eigenvalue weighted by Gasteiger charge is 2.38. The van der Waals surface area contributed by atoms with E-state index >= 15 is 0 Å². The molecular formula is C29H29N3O2S. The van der Waals surface area contributed by atoms with Crippen molar-refractivity contribution < 1.29 is 9.59 Å². The maximum Gasteiger partial charge on any atom is 0.220 e. The van der Waals surface area contributed by atoms with E-state index in [1.165, 1.54) is 16.3 Å². The van der Waals surface area contributed by atoms with Crippen molar-refractivity contribution in [2.24, 2.45) is 0 Å². The number of hydrogen-bond acceptors (Lipinski definition) is 4. The van der Waals surface area contributed by atoms with Gasteiger partial charge in [-0.3, -0.25) is 9.59 Å². The molecule has 0 spiro atoms. The van der Waals surface area contributed by atoms with E-state index in [1.807, 2.05) is 30.3 Å². The van der Waals surface area contributed by atoms with Crippen LogP contribution in [-0.4, -0.2) is 28.9 Å². The third kappa shape index (κ3) is 5.60. The van der Waals surface area contributed by atoms with E-state index in [1.54, 1.807) is 11.3 Å². The zero-order valence-corrected chi connectivity index (χ0v) is 20.4. The van der Waals surface area contributed by atoms with Gasteiger partial charge in [0.05, 0.1) is 10.7 Å². The van der Waals surface area contributed by atoms with Gasteiger partial charge in [0.15, 0.2) is 0 Å². The number of nitrogens with one attached hydrogen (secondary N) is 2. The Bertz CT molecular complexity index is 1330. The molecule has 4 aromatic rings. The van der Waals surface area contributed by atoms with Crippen molar-refractivity contribution in [3.05, 3.63) is 88.7 Å². The van der Waals surface area contributed by atoms with Gasteiger partial charge in [-0.25, -0.2) is 4.98 Å². The monoisotopic (exact) mass is 483 g/mol. The van der Waals surface area contributed by atoms with E-state index in [9.17, 15) is 9.59 Å². The molecular weight excluding hydrogens is 454 g/mol. The molecule has 0 saturated carbocycles. The number of carbonyl (C=O) groups excluding carboxylic acids is 2. The molecule has 0 aliphatic carbocycles. The molecule has 2 N–H and O–H groups in total. The first-order valence-corrected chi connectivity index (χ1v) is 13.0. The third-order valence-electron chi connectivity index (χ3n) is 6.76. The quantitative estimate of drug-likeness (QED) is 0.340. The van der Waals surface area contributed by atoms with Crippen LogP contribution in [0.5, 0.6) is 0 Å². The van der Waals surface area contributed by atoms with Gasteiger partial charge in [-0.1, -0.05) is 72.8 Å². The van der Waals surface area contributed by atoms with Crippen molar-refractivity contribution in [2.75, 3.05) is 6.54 Å². The Kier molecular flexibility index (Phi) is 6.91. The summed E-state index contributed by atoms with van der Waals surface area (Å²) in [5.41, 5.74) is 2.92. The summed E-state index contributed by atoms with van der Waals surface area (Å²) in [6.07, 6.45) is 3.72. The number of amides is 2. The van der Waals surface area contributed by atoms with Gasteiger partial charge < -0.3 is 10.6 Å². The first kappa shape index (κ1) is 23.2. The standard InChI is InChI=1S/C29H29N3O2S/c33-26(30-18-15-28-31-25(20-35-28)22-8-2-1-3-9-22)13-16-29(17-14-27(34)32-29)19-23-11-6-10-21-7-4-5-12-24(21)23/h1-12,20H,13-19H2,(H,30,33)(H,32,34). The molecule has 5 nitrogen and oxygen atoms in total. The Morgan fingerprint density at radius 2 is 1.83 bits per heavy atom. The average molecular weight is 484 g/mol. The van der Waals surface area contributed by atoms with Gasteiger partial charge in [0.25, 0.3) is 0 Å². The van der Waals surface area contributed by atoms with Crippen LogP contribution in [0.25, 0.3) is 22.0 Å². The highest BCUT2D eigenvalue weighted by molar-refractivity contribution is 7.09. The highest BCUT2D eigenvalue weighted by atomic mass is 32.1. The fraction of sp³-hybridized carbons (Fsp3) is 0.276. The number of fused-ring (bicyclic) bond motifs is 1. The van der Waals surface area contributed by atoms with Gasteiger partial charge in [-0.15, -0.1) is 11.3 Å². The number of carbonyl (C=O) groups is 2. The number of rotatable bonds is 9. The van der Waals surface area contributed by atoms with E-state index in [0.29, 0.717) is 32.2 Å². The van der Waals surface area contributed by atoms with Crippen molar-refractivity contribution in [1.82, 2.24) is 15.6 Å².